The highest BCUT2D eigenvalue weighted by Crippen LogP contribution is 2.19. The zero-order chi connectivity index (χ0) is 9.97. The molecule has 0 saturated carbocycles. The quantitative estimate of drug-likeness (QED) is 0.715. The molecule has 14 heavy (non-hydrogen) atoms. The molecular formula is C7H7N5OS. The first-order valence-corrected chi connectivity index (χ1v) is 4.86. The zero-order valence-electron chi connectivity index (χ0n) is 7.36. The molecule has 0 fully saturated rings. The van der Waals surface area contributed by atoms with Gasteiger partial charge in [0.25, 0.3) is 0 Å². The minimum atomic E-state index is -0.706. The van der Waals surface area contributed by atoms with Gasteiger partial charge in [-0.2, -0.15) is 11.3 Å². The lowest BCUT2D eigenvalue weighted by atomic mass is 10.3. The first kappa shape index (κ1) is 8.95. The third-order valence-corrected chi connectivity index (χ3v) is 2.39. The molecule has 7 heteroatoms. The van der Waals surface area contributed by atoms with Crippen LogP contribution in [0.3, 0.4) is 0 Å². The Hall–Kier alpha value is -1.63. The number of rotatable bonds is 3. The number of aromatic nitrogens is 4. The summed E-state index contributed by atoms with van der Waals surface area (Å²) in [7, 11) is 0. The minimum absolute atomic E-state index is 0.522. The average Bonchev–Trinajstić information content (AvgIpc) is 2.79. The van der Waals surface area contributed by atoms with Crippen molar-refractivity contribution in [1.82, 2.24) is 20.2 Å². The van der Waals surface area contributed by atoms with Crippen LogP contribution in [0.25, 0.3) is 0 Å². The van der Waals surface area contributed by atoms with Crippen molar-refractivity contribution in [2.75, 3.05) is 0 Å². The van der Waals surface area contributed by atoms with Gasteiger partial charge >= 0.3 is 0 Å². The smallest absolute Gasteiger partial charge is 0.152 e. The molecule has 0 radical (unpaired) electrons. The van der Waals surface area contributed by atoms with E-state index < -0.39 is 6.17 Å². The molecule has 0 saturated heterocycles. The van der Waals surface area contributed by atoms with Crippen molar-refractivity contribution in [3.8, 4) is 0 Å². The summed E-state index contributed by atoms with van der Waals surface area (Å²) in [6.45, 7) is 1.71. The van der Waals surface area contributed by atoms with Gasteiger partial charge in [0, 0.05) is 5.56 Å². The highest BCUT2D eigenvalue weighted by atomic mass is 32.1. The molecule has 0 aliphatic rings. The Morgan fingerprint density at radius 2 is 2.50 bits per heavy atom. The predicted molar refractivity (Wildman–Crippen MR) is 50.8 cm³/mol. The maximum atomic E-state index is 10.6. The molecule has 1 unspecified atom stereocenters. The molecule has 1 atom stereocenters. The highest BCUT2D eigenvalue weighted by molar-refractivity contribution is 7.07. The molecule has 0 amide bonds. The Morgan fingerprint density at radius 1 is 1.64 bits per heavy atom. The summed E-state index contributed by atoms with van der Waals surface area (Å²) in [5, 5.41) is 18.0. The monoisotopic (exact) mass is 209 g/mol. The van der Waals surface area contributed by atoms with Crippen molar-refractivity contribution in [3.05, 3.63) is 33.1 Å². The number of hydrogen-bond acceptors (Lipinski definition) is 6. The van der Waals surface area contributed by atoms with E-state index in [4.69, 9.17) is 0 Å². The lowest BCUT2D eigenvalue weighted by Gasteiger charge is -2.03. The van der Waals surface area contributed by atoms with Gasteiger partial charge in [0.1, 0.15) is 0 Å². The Bertz CT molecular complexity index is 423. The van der Waals surface area contributed by atoms with Crippen LogP contribution in [0, 0.1) is 11.8 Å². The van der Waals surface area contributed by atoms with Gasteiger partial charge in [-0.25, -0.2) is 0 Å². The van der Waals surface area contributed by atoms with E-state index in [1.54, 1.807) is 6.92 Å². The van der Waals surface area contributed by atoms with Crippen molar-refractivity contribution >= 4 is 11.3 Å². The van der Waals surface area contributed by atoms with Crippen molar-refractivity contribution in [3.63, 3.8) is 0 Å². The summed E-state index contributed by atoms with van der Waals surface area (Å²) in [5.41, 5.74) is 0.780. The summed E-state index contributed by atoms with van der Waals surface area (Å²) in [6, 6.07) is 1.81. The minimum Gasteiger partial charge on any atom is -0.152 e. The summed E-state index contributed by atoms with van der Waals surface area (Å²) < 4.78 is 0. The number of thiophene rings is 1. The SMILES string of the molecule is Cc1nnn(C(N=O)c2ccsc2)n1. The van der Waals surface area contributed by atoms with Gasteiger partial charge in [0.05, 0.1) is 0 Å². The second-order valence-electron chi connectivity index (χ2n) is 2.69. The molecule has 2 aromatic heterocycles. The highest BCUT2D eigenvalue weighted by Gasteiger charge is 2.16. The van der Waals surface area contributed by atoms with Gasteiger partial charge in [-0.1, -0.05) is 0 Å². The lowest BCUT2D eigenvalue weighted by molar-refractivity contribution is 0.463. The van der Waals surface area contributed by atoms with Gasteiger partial charge < -0.3 is 0 Å². The molecule has 0 N–H and O–H groups in total. The number of tetrazole rings is 1. The van der Waals surface area contributed by atoms with Crippen LogP contribution in [0.5, 0.6) is 0 Å². The Kier molecular flexibility index (Phi) is 2.32. The maximum Gasteiger partial charge on any atom is 0.230 e. The second kappa shape index (κ2) is 3.62. The molecular weight excluding hydrogens is 202 g/mol. The van der Waals surface area contributed by atoms with E-state index in [0.29, 0.717) is 5.82 Å². The fraction of sp³-hybridized carbons (Fsp3) is 0.286. The molecule has 0 bridgehead atoms. The first-order chi connectivity index (χ1) is 6.81. The summed E-state index contributed by atoms with van der Waals surface area (Å²) in [4.78, 5) is 11.9. The zero-order valence-corrected chi connectivity index (χ0v) is 8.18. The lowest BCUT2D eigenvalue weighted by Crippen LogP contribution is -2.10. The Balaban J connectivity index is 2.35. The average molecular weight is 209 g/mol. The third kappa shape index (κ3) is 1.53. The van der Waals surface area contributed by atoms with Crippen molar-refractivity contribution in [1.29, 1.82) is 0 Å². The van der Waals surface area contributed by atoms with Crippen molar-refractivity contribution in [2.45, 2.75) is 13.1 Å². The van der Waals surface area contributed by atoms with Crippen LogP contribution < -0.4 is 0 Å². The summed E-state index contributed by atoms with van der Waals surface area (Å²) in [6.07, 6.45) is -0.706. The molecule has 2 heterocycles. The molecule has 0 spiro atoms. The standard InChI is InChI=1S/C7H7N5OS/c1-5-8-11-12(9-5)7(10-13)6-2-3-14-4-6/h2-4,7H,1H3. The summed E-state index contributed by atoms with van der Waals surface area (Å²) >= 11 is 1.50. The Morgan fingerprint density at radius 3 is 3.00 bits per heavy atom. The first-order valence-electron chi connectivity index (χ1n) is 3.92. The van der Waals surface area contributed by atoms with E-state index in [2.05, 4.69) is 20.6 Å². The number of nitroso groups, excluding NO2 is 1. The molecule has 6 nitrogen and oxygen atoms in total. The number of aryl methyl sites for hydroxylation is 1. The summed E-state index contributed by atoms with van der Waals surface area (Å²) in [5.74, 6) is 0.522. The van der Waals surface area contributed by atoms with Crippen LogP contribution >= 0.6 is 11.3 Å². The molecule has 2 aromatic rings. The van der Waals surface area contributed by atoms with Crippen LogP contribution in [0.15, 0.2) is 22.0 Å². The van der Waals surface area contributed by atoms with E-state index >= 15 is 0 Å². The van der Waals surface area contributed by atoms with E-state index in [1.807, 2.05) is 16.8 Å². The molecule has 0 aromatic carbocycles. The van der Waals surface area contributed by atoms with Crippen LogP contribution in [0.2, 0.25) is 0 Å². The van der Waals surface area contributed by atoms with E-state index in [1.165, 1.54) is 16.1 Å². The fourth-order valence-corrected chi connectivity index (χ4v) is 1.73. The topological polar surface area (TPSA) is 73.0 Å². The number of nitrogens with zero attached hydrogens (tertiary/aromatic N) is 5. The van der Waals surface area contributed by atoms with Crippen molar-refractivity contribution < 1.29 is 0 Å². The van der Waals surface area contributed by atoms with Crippen LogP contribution in [0.1, 0.15) is 17.6 Å². The van der Waals surface area contributed by atoms with Crippen LogP contribution in [0.4, 0.5) is 0 Å². The largest absolute Gasteiger partial charge is 0.230 e. The normalized spacial score (nSPS) is 12.6. The van der Waals surface area contributed by atoms with Gasteiger partial charge in [0.2, 0.25) is 6.17 Å². The van der Waals surface area contributed by atoms with E-state index in [-0.39, 0.29) is 0 Å². The van der Waals surface area contributed by atoms with Gasteiger partial charge in [-0.05, 0) is 34.1 Å². The molecule has 0 aliphatic heterocycles. The van der Waals surface area contributed by atoms with Crippen LogP contribution in [-0.2, 0) is 0 Å². The molecule has 72 valence electrons. The van der Waals surface area contributed by atoms with Gasteiger partial charge in [-0.3, -0.25) is 0 Å². The number of hydrogen-bond donors (Lipinski definition) is 0. The Labute approximate surface area is 83.5 Å². The third-order valence-electron chi connectivity index (χ3n) is 1.69. The van der Waals surface area contributed by atoms with E-state index in [9.17, 15) is 4.91 Å². The maximum absolute atomic E-state index is 10.6. The fourth-order valence-electron chi connectivity index (χ4n) is 1.06. The molecule has 0 aliphatic carbocycles. The van der Waals surface area contributed by atoms with Gasteiger partial charge in [0.15, 0.2) is 5.82 Å². The second-order valence-corrected chi connectivity index (χ2v) is 3.47. The van der Waals surface area contributed by atoms with Crippen molar-refractivity contribution in [2.24, 2.45) is 5.18 Å². The molecule has 2 rings (SSSR count). The van der Waals surface area contributed by atoms with Crippen LogP contribution in [-0.4, -0.2) is 20.2 Å². The predicted octanol–water partition coefficient (Wildman–Crippen LogP) is 1.36. The van der Waals surface area contributed by atoms with E-state index in [0.717, 1.165) is 5.56 Å². The van der Waals surface area contributed by atoms with Gasteiger partial charge in [-0.15, -0.1) is 19.9 Å².